The number of phenols is 1. The van der Waals surface area contributed by atoms with Crippen LogP contribution in [0.3, 0.4) is 0 Å². The molecule has 0 aliphatic rings. The molecule has 0 bridgehead atoms. The Labute approximate surface area is 157 Å². The number of aromatic hydroxyl groups is 1. The summed E-state index contributed by atoms with van der Waals surface area (Å²) in [6.07, 6.45) is 0. The van der Waals surface area contributed by atoms with Gasteiger partial charge in [-0.3, -0.25) is 0 Å². The average molecular weight is 354 g/mol. The fourth-order valence-corrected chi connectivity index (χ4v) is 2.18. The third-order valence-corrected chi connectivity index (χ3v) is 3.72. The summed E-state index contributed by atoms with van der Waals surface area (Å²) >= 11 is 0. The molecule has 0 saturated heterocycles. The van der Waals surface area contributed by atoms with E-state index in [2.05, 4.69) is 41.2 Å². The molecule has 2 aromatic carbocycles. The second-order valence-electron chi connectivity index (χ2n) is 7.60. The normalized spacial score (nSPS) is 10.7. The van der Waals surface area contributed by atoms with Crippen LogP contribution in [0.1, 0.15) is 52.7 Å². The molecule has 0 heterocycles. The van der Waals surface area contributed by atoms with E-state index in [-0.39, 0.29) is 11.2 Å². The molecule has 1 N–H and O–H groups in total. The highest BCUT2D eigenvalue weighted by atomic mass is 16.5. The fourth-order valence-electron chi connectivity index (χ4n) is 2.18. The van der Waals surface area contributed by atoms with E-state index < -0.39 is 5.97 Å². The molecular weight excluding hydrogens is 324 g/mol. The minimum absolute atomic E-state index is 0.218. The highest BCUT2D eigenvalue weighted by Gasteiger charge is 2.23. The van der Waals surface area contributed by atoms with Crippen molar-refractivity contribution in [2.75, 3.05) is 0 Å². The summed E-state index contributed by atoms with van der Waals surface area (Å²) in [5.41, 5.74) is 2.34. The van der Waals surface area contributed by atoms with Gasteiger partial charge in [0.25, 0.3) is 0 Å². The number of phenolic OH excluding ortho intramolecular Hbond substituents is 1. The van der Waals surface area contributed by atoms with Gasteiger partial charge in [-0.15, -0.1) is 0 Å². The summed E-state index contributed by atoms with van der Waals surface area (Å²) in [5.74, 6) is 1.16. The minimum atomic E-state index is -0.425. The van der Waals surface area contributed by atoms with Crippen molar-refractivity contribution in [2.45, 2.75) is 47.0 Å². The van der Waals surface area contributed by atoms with Gasteiger partial charge in [0, 0.05) is 11.0 Å². The van der Waals surface area contributed by atoms with Crippen LogP contribution < -0.4 is 4.74 Å². The van der Waals surface area contributed by atoms with Gasteiger partial charge >= 0.3 is 5.97 Å². The predicted molar refractivity (Wildman–Crippen MR) is 108 cm³/mol. The topological polar surface area (TPSA) is 46.5 Å². The van der Waals surface area contributed by atoms with Crippen LogP contribution in [-0.4, -0.2) is 11.1 Å². The van der Waals surface area contributed by atoms with Crippen LogP contribution in [0, 0.1) is 5.92 Å². The Hall–Kier alpha value is -2.55. The Morgan fingerprint density at radius 3 is 1.73 bits per heavy atom. The van der Waals surface area contributed by atoms with Crippen molar-refractivity contribution in [1.82, 2.24) is 0 Å². The van der Waals surface area contributed by atoms with Crippen LogP contribution in [0.15, 0.2) is 60.7 Å². The van der Waals surface area contributed by atoms with E-state index in [1.54, 1.807) is 31.2 Å². The molecule has 2 aromatic rings. The highest BCUT2D eigenvalue weighted by Crippen LogP contribution is 2.33. The molecule has 3 nitrogen and oxygen atoms in total. The third-order valence-electron chi connectivity index (χ3n) is 3.72. The van der Waals surface area contributed by atoms with Crippen molar-refractivity contribution in [3.05, 3.63) is 71.8 Å². The molecule has 0 amide bonds. The van der Waals surface area contributed by atoms with Crippen LogP contribution in [0.4, 0.5) is 0 Å². The SMILES string of the molecule is C=C(C)C(=O)Oc1ccc(C(C)(C)c2ccc(O)cc2)cc1.CC(C)C. The molecule has 2 rings (SSSR count). The number of carbonyl (C=O) groups excluding carboxylic acids is 1. The van der Waals surface area contributed by atoms with Gasteiger partial charge in [0.05, 0.1) is 0 Å². The number of ether oxygens (including phenoxy) is 1. The molecule has 0 radical (unpaired) electrons. The maximum atomic E-state index is 11.5. The summed E-state index contributed by atoms with van der Waals surface area (Å²) < 4.78 is 5.19. The standard InChI is InChI=1S/C19H20O3.C4H10/c1-13(2)18(21)22-17-11-7-15(8-12-17)19(3,4)14-5-9-16(20)10-6-14;1-4(2)3/h5-12,20H,1H2,2-4H3;4H,1-3H3. The summed E-state index contributed by atoms with van der Waals surface area (Å²) in [5, 5.41) is 9.40. The smallest absolute Gasteiger partial charge is 0.338 e. The minimum Gasteiger partial charge on any atom is -0.508 e. The van der Waals surface area contributed by atoms with Gasteiger partial charge in [0.1, 0.15) is 11.5 Å². The van der Waals surface area contributed by atoms with Crippen LogP contribution in [0.2, 0.25) is 0 Å². The Kier molecular flexibility index (Phi) is 7.63. The molecule has 0 aliphatic heterocycles. The summed E-state index contributed by atoms with van der Waals surface area (Å²) in [7, 11) is 0. The first-order valence-electron chi connectivity index (χ1n) is 8.81. The average Bonchev–Trinajstić information content (AvgIpc) is 2.55. The van der Waals surface area contributed by atoms with Crippen molar-refractivity contribution in [3.63, 3.8) is 0 Å². The van der Waals surface area contributed by atoms with Gasteiger partial charge < -0.3 is 9.84 Å². The summed E-state index contributed by atoms with van der Waals surface area (Å²) in [6.45, 7) is 15.9. The zero-order chi connectivity index (χ0) is 19.9. The molecule has 0 aliphatic carbocycles. The van der Waals surface area contributed by atoms with Crippen molar-refractivity contribution in [1.29, 1.82) is 0 Å². The molecule has 0 saturated carbocycles. The van der Waals surface area contributed by atoms with Crippen molar-refractivity contribution in [3.8, 4) is 11.5 Å². The summed E-state index contributed by atoms with van der Waals surface area (Å²) in [4.78, 5) is 11.5. The quantitative estimate of drug-likeness (QED) is 0.425. The molecule has 26 heavy (non-hydrogen) atoms. The maximum Gasteiger partial charge on any atom is 0.338 e. The third kappa shape index (κ3) is 6.40. The van der Waals surface area contributed by atoms with Gasteiger partial charge in [0.2, 0.25) is 0 Å². The highest BCUT2D eigenvalue weighted by molar-refractivity contribution is 5.88. The van der Waals surface area contributed by atoms with E-state index >= 15 is 0 Å². The molecule has 0 atom stereocenters. The van der Waals surface area contributed by atoms with E-state index in [1.807, 2.05) is 24.3 Å². The number of hydrogen-bond acceptors (Lipinski definition) is 3. The zero-order valence-corrected chi connectivity index (χ0v) is 16.7. The Balaban J connectivity index is 0.000000765. The number of rotatable bonds is 4. The zero-order valence-electron chi connectivity index (χ0n) is 16.7. The first-order chi connectivity index (χ1) is 12.0. The van der Waals surface area contributed by atoms with E-state index in [4.69, 9.17) is 4.74 Å². The summed E-state index contributed by atoms with van der Waals surface area (Å²) in [6, 6.07) is 14.6. The van der Waals surface area contributed by atoms with Crippen LogP contribution in [-0.2, 0) is 10.2 Å². The van der Waals surface area contributed by atoms with E-state index in [1.165, 1.54) is 0 Å². The van der Waals surface area contributed by atoms with E-state index in [9.17, 15) is 9.90 Å². The molecule has 0 spiro atoms. The number of hydrogen-bond donors (Lipinski definition) is 1. The number of esters is 1. The van der Waals surface area contributed by atoms with Gasteiger partial charge in [-0.05, 0) is 48.2 Å². The lowest BCUT2D eigenvalue weighted by Gasteiger charge is -2.26. The van der Waals surface area contributed by atoms with Gasteiger partial charge in [0.15, 0.2) is 0 Å². The second kappa shape index (κ2) is 9.23. The van der Waals surface area contributed by atoms with Crippen LogP contribution >= 0.6 is 0 Å². The van der Waals surface area contributed by atoms with Crippen LogP contribution in [0.5, 0.6) is 11.5 Å². The first kappa shape index (κ1) is 21.5. The van der Waals surface area contributed by atoms with Crippen molar-refractivity contribution < 1.29 is 14.6 Å². The monoisotopic (exact) mass is 354 g/mol. The Bertz CT molecular complexity index is 720. The lowest BCUT2D eigenvalue weighted by atomic mass is 9.78. The second-order valence-corrected chi connectivity index (χ2v) is 7.60. The molecule has 0 aromatic heterocycles. The largest absolute Gasteiger partial charge is 0.508 e. The lowest BCUT2D eigenvalue weighted by molar-refractivity contribution is -0.130. The number of carbonyl (C=O) groups is 1. The maximum absolute atomic E-state index is 11.5. The molecule has 140 valence electrons. The predicted octanol–water partition coefficient (Wildman–Crippen LogP) is 5.86. The number of benzene rings is 2. The molecule has 0 unspecified atom stereocenters. The van der Waals surface area contributed by atoms with Crippen molar-refractivity contribution >= 4 is 5.97 Å². The van der Waals surface area contributed by atoms with Crippen LogP contribution in [0.25, 0.3) is 0 Å². The van der Waals surface area contributed by atoms with Gasteiger partial charge in [-0.1, -0.05) is 65.5 Å². The molecule has 0 fully saturated rings. The van der Waals surface area contributed by atoms with Gasteiger partial charge in [-0.2, -0.15) is 0 Å². The Morgan fingerprint density at radius 2 is 1.35 bits per heavy atom. The molecule has 3 heteroatoms. The fraction of sp³-hybridized carbons (Fsp3) is 0.348. The van der Waals surface area contributed by atoms with E-state index in [0.29, 0.717) is 11.3 Å². The Morgan fingerprint density at radius 1 is 0.962 bits per heavy atom. The lowest BCUT2D eigenvalue weighted by Crippen LogP contribution is -2.18. The first-order valence-corrected chi connectivity index (χ1v) is 8.81. The van der Waals surface area contributed by atoms with Gasteiger partial charge in [-0.25, -0.2) is 4.79 Å². The van der Waals surface area contributed by atoms with E-state index in [0.717, 1.165) is 17.0 Å². The van der Waals surface area contributed by atoms with Crippen molar-refractivity contribution in [2.24, 2.45) is 5.92 Å². The molecular formula is C23H30O3.